The summed E-state index contributed by atoms with van der Waals surface area (Å²) in [4.78, 5) is 0. The zero-order valence-corrected chi connectivity index (χ0v) is 10.6. The number of hydrogen-bond acceptors (Lipinski definition) is 5. The normalized spacial score (nSPS) is 16.7. The van der Waals surface area contributed by atoms with Crippen LogP contribution in [-0.4, -0.2) is 42.5 Å². The summed E-state index contributed by atoms with van der Waals surface area (Å²) in [7, 11) is 2.22. The molecular weight excluding hydrogens is 202 g/mol. The van der Waals surface area contributed by atoms with E-state index in [9.17, 15) is 0 Å². The van der Waals surface area contributed by atoms with Gasteiger partial charge in [0.05, 0.1) is 6.10 Å². The molecule has 0 bridgehead atoms. The van der Waals surface area contributed by atoms with Crippen LogP contribution in [0.2, 0.25) is 6.04 Å². The van der Waals surface area contributed by atoms with Crippen LogP contribution < -0.4 is 5.73 Å². The van der Waals surface area contributed by atoms with Gasteiger partial charge in [-0.25, -0.2) is 0 Å². The summed E-state index contributed by atoms with van der Waals surface area (Å²) in [6, 6.07) is 0.595. The molecule has 6 heteroatoms. The molecule has 0 rings (SSSR count). The monoisotopic (exact) mass is 223 g/mol. The lowest BCUT2D eigenvalue weighted by Gasteiger charge is -2.27. The van der Waals surface area contributed by atoms with Crippen molar-refractivity contribution < 1.29 is 18.0 Å². The minimum absolute atomic E-state index is 0.0403. The molecule has 0 aromatic carbocycles. The van der Waals surface area contributed by atoms with E-state index in [1.165, 1.54) is 0 Å². The summed E-state index contributed by atoms with van der Waals surface area (Å²) < 4.78 is 21.2. The SMILES string of the molecule is CO[Si](CC(C)OC(C)N)(OC)OC. The fraction of sp³-hybridized carbons (Fsp3) is 1.00. The minimum atomic E-state index is -2.53. The van der Waals surface area contributed by atoms with Crippen molar-refractivity contribution in [3.63, 3.8) is 0 Å². The highest BCUT2D eigenvalue weighted by Crippen LogP contribution is 2.17. The minimum Gasteiger partial charge on any atom is -0.377 e. The van der Waals surface area contributed by atoms with Crippen molar-refractivity contribution >= 4 is 8.80 Å². The molecule has 0 aliphatic heterocycles. The van der Waals surface area contributed by atoms with Crippen molar-refractivity contribution in [2.45, 2.75) is 32.2 Å². The molecule has 2 unspecified atom stereocenters. The van der Waals surface area contributed by atoms with E-state index < -0.39 is 8.80 Å². The second-order valence-electron chi connectivity index (χ2n) is 3.15. The fourth-order valence-corrected chi connectivity index (χ4v) is 3.07. The second-order valence-corrected chi connectivity index (χ2v) is 6.15. The van der Waals surface area contributed by atoms with Crippen molar-refractivity contribution in [2.24, 2.45) is 5.73 Å². The van der Waals surface area contributed by atoms with Gasteiger partial charge in [0.25, 0.3) is 0 Å². The van der Waals surface area contributed by atoms with Crippen molar-refractivity contribution in [3.8, 4) is 0 Å². The van der Waals surface area contributed by atoms with Gasteiger partial charge in [0.2, 0.25) is 0 Å². The summed E-state index contributed by atoms with van der Waals surface area (Å²) in [5, 5.41) is 0. The zero-order chi connectivity index (χ0) is 11.2. The molecule has 2 atom stereocenters. The molecule has 0 saturated carbocycles. The second kappa shape index (κ2) is 6.49. The van der Waals surface area contributed by atoms with Crippen molar-refractivity contribution in [1.29, 1.82) is 0 Å². The first-order valence-corrected chi connectivity index (χ1v) is 6.49. The Kier molecular flexibility index (Phi) is 6.50. The van der Waals surface area contributed by atoms with E-state index in [0.717, 1.165) is 0 Å². The number of rotatable bonds is 7. The summed E-state index contributed by atoms with van der Waals surface area (Å²) in [6.45, 7) is 3.70. The first kappa shape index (κ1) is 14.0. The van der Waals surface area contributed by atoms with Crippen LogP contribution in [0.3, 0.4) is 0 Å². The highest BCUT2D eigenvalue weighted by Gasteiger charge is 2.39. The third kappa shape index (κ3) is 4.49. The average Bonchev–Trinajstić information content (AvgIpc) is 2.13. The Labute approximate surface area is 86.8 Å². The van der Waals surface area contributed by atoms with Crippen LogP contribution in [0, 0.1) is 0 Å². The van der Waals surface area contributed by atoms with Gasteiger partial charge < -0.3 is 23.7 Å². The van der Waals surface area contributed by atoms with Crippen LogP contribution in [0.5, 0.6) is 0 Å². The first-order chi connectivity index (χ1) is 6.49. The average molecular weight is 223 g/mol. The van der Waals surface area contributed by atoms with Gasteiger partial charge in [-0.2, -0.15) is 0 Å². The van der Waals surface area contributed by atoms with Crippen LogP contribution in [-0.2, 0) is 18.0 Å². The molecule has 0 saturated heterocycles. The largest absolute Gasteiger partial charge is 0.502 e. The van der Waals surface area contributed by atoms with E-state index in [0.29, 0.717) is 6.04 Å². The predicted molar refractivity (Wildman–Crippen MR) is 55.8 cm³/mol. The van der Waals surface area contributed by atoms with Gasteiger partial charge in [0, 0.05) is 27.4 Å². The zero-order valence-electron chi connectivity index (χ0n) is 9.57. The van der Waals surface area contributed by atoms with Crippen LogP contribution >= 0.6 is 0 Å². The quantitative estimate of drug-likeness (QED) is 0.505. The van der Waals surface area contributed by atoms with Gasteiger partial charge >= 0.3 is 8.80 Å². The van der Waals surface area contributed by atoms with Crippen LogP contribution in [0.1, 0.15) is 13.8 Å². The fourth-order valence-electron chi connectivity index (χ4n) is 1.27. The summed E-state index contributed by atoms with van der Waals surface area (Å²) >= 11 is 0. The molecule has 0 radical (unpaired) electrons. The summed E-state index contributed by atoms with van der Waals surface area (Å²) in [5.41, 5.74) is 5.51. The molecule has 2 N–H and O–H groups in total. The van der Waals surface area contributed by atoms with Crippen molar-refractivity contribution in [2.75, 3.05) is 21.3 Å². The number of nitrogens with two attached hydrogens (primary N) is 1. The number of ether oxygens (including phenoxy) is 1. The van der Waals surface area contributed by atoms with E-state index >= 15 is 0 Å². The molecule has 0 fully saturated rings. The van der Waals surface area contributed by atoms with Crippen LogP contribution in [0.4, 0.5) is 0 Å². The molecule has 86 valence electrons. The molecular formula is C8H21NO4Si. The van der Waals surface area contributed by atoms with E-state index in [1.807, 2.05) is 6.92 Å². The van der Waals surface area contributed by atoms with Crippen LogP contribution in [0.15, 0.2) is 0 Å². The van der Waals surface area contributed by atoms with E-state index in [2.05, 4.69) is 0 Å². The molecule has 0 aliphatic carbocycles. The Morgan fingerprint density at radius 1 is 1.07 bits per heavy atom. The molecule has 0 spiro atoms. The highest BCUT2D eigenvalue weighted by atomic mass is 28.4. The van der Waals surface area contributed by atoms with Gasteiger partial charge in [0.1, 0.15) is 6.23 Å². The van der Waals surface area contributed by atoms with Crippen molar-refractivity contribution in [1.82, 2.24) is 0 Å². The molecule has 0 amide bonds. The van der Waals surface area contributed by atoms with Gasteiger partial charge in [-0.1, -0.05) is 0 Å². The topological polar surface area (TPSA) is 62.9 Å². The smallest absolute Gasteiger partial charge is 0.377 e. The Balaban J connectivity index is 4.15. The maximum Gasteiger partial charge on any atom is 0.502 e. The molecule has 0 aromatic heterocycles. The van der Waals surface area contributed by atoms with Crippen molar-refractivity contribution in [3.05, 3.63) is 0 Å². The lowest BCUT2D eigenvalue weighted by molar-refractivity contribution is 0.00865. The molecule has 5 nitrogen and oxygen atoms in total. The lowest BCUT2D eigenvalue weighted by Crippen LogP contribution is -2.46. The van der Waals surface area contributed by atoms with Gasteiger partial charge in [-0.3, -0.25) is 0 Å². The van der Waals surface area contributed by atoms with Gasteiger partial charge in [-0.15, -0.1) is 0 Å². The lowest BCUT2D eigenvalue weighted by atomic mass is 10.5. The third-order valence-corrected chi connectivity index (χ3v) is 4.86. The summed E-state index contributed by atoms with van der Waals surface area (Å²) in [6.07, 6.45) is -0.330. The van der Waals surface area contributed by atoms with Crippen LogP contribution in [0.25, 0.3) is 0 Å². The first-order valence-electron chi connectivity index (χ1n) is 4.56. The Hall–Kier alpha value is 0.0169. The molecule has 0 aromatic rings. The summed E-state index contributed by atoms with van der Waals surface area (Å²) in [5.74, 6) is 0. The predicted octanol–water partition coefficient (Wildman–Crippen LogP) is 0.574. The Morgan fingerprint density at radius 2 is 1.50 bits per heavy atom. The molecule has 0 heterocycles. The third-order valence-electron chi connectivity index (χ3n) is 1.92. The van der Waals surface area contributed by atoms with Gasteiger partial charge in [-0.05, 0) is 13.8 Å². The standard InChI is InChI=1S/C8H21NO4Si/c1-7(13-8(2)9)6-14(10-3,11-4)12-5/h7-8H,6,9H2,1-5H3. The van der Waals surface area contributed by atoms with E-state index in [1.54, 1.807) is 28.3 Å². The van der Waals surface area contributed by atoms with E-state index in [-0.39, 0.29) is 12.3 Å². The Morgan fingerprint density at radius 3 is 1.79 bits per heavy atom. The number of hydrogen-bond donors (Lipinski definition) is 1. The van der Waals surface area contributed by atoms with Gasteiger partial charge in [0.15, 0.2) is 0 Å². The van der Waals surface area contributed by atoms with E-state index in [4.69, 9.17) is 23.7 Å². The highest BCUT2D eigenvalue weighted by molar-refractivity contribution is 6.60. The molecule has 14 heavy (non-hydrogen) atoms. The Bertz CT molecular complexity index is 144. The maximum atomic E-state index is 5.51. The maximum absolute atomic E-state index is 5.51. The molecule has 0 aliphatic rings.